The van der Waals surface area contributed by atoms with E-state index >= 15 is 0 Å². The van der Waals surface area contributed by atoms with Gasteiger partial charge in [0.1, 0.15) is 0 Å². The third kappa shape index (κ3) is 6.60. The molecule has 1 rings (SSSR count). The maximum Gasteiger partial charge on any atom is 0.328 e. The molecule has 0 radical (unpaired) electrons. The normalized spacial score (nSPS) is 18.4. The molecule has 0 aliphatic heterocycles. The van der Waals surface area contributed by atoms with Gasteiger partial charge in [-0.2, -0.15) is 0 Å². The summed E-state index contributed by atoms with van der Waals surface area (Å²) in [5.41, 5.74) is 0. The van der Waals surface area contributed by atoms with E-state index in [0.29, 0.717) is 5.92 Å². The zero-order chi connectivity index (χ0) is 16.4. The highest BCUT2D eigenvalue weighted by molar-refractivity contribution is 5.85. The predicted molar refractivity (Wildman–Crippen MR) is 85.6 cm³/mol. The molecule has 5 nitrogen and oxygen atoms in total. The molecule has 0 saturated heterocycles. The van der Waals surface area contributed by atoms with Gasteiger partial charge in [0.2, 0.25) is 5.91 Å². The molecule has 2 unspecified atom stereocenters. The first kappa shape index (κ1) is 18.7. The molecule has 1 fully saturated rings. The Kier molecular flexibility index (Phi) is 8.82. The highest BCUT2D eigenvalue weighted by Gasteiger charge is 2.27. The largest absolute Gasteiger partial charge is 0.480 e. The number of aliphatic carboxylic acids is 1. The van der Waals surface area contributed by atoms with Gasteiger partial charge in [-0.25, -0.2) is 4.79 Å². The Hall–Kier alpha value is -1.36. The molecule has 1 aliphatic rings. The van der Waals surface area contributed by atoms with Gasteiger partial charge >= 0.3 is 5.97 Å². The van der Waals surface area contributed by atoms with Crippen molar-refractivity contribution < 1.29 is 19.4 Å². The molecule has 0 bridgehead atoms. The van der Waals surface area contributed by atoms with Crippen LogP contribution in [0.15, 0.2) is 12.7 Å². The van der Waals surface area contributed by atoms with Crippen LogP contribution in [0.5, 0.6) is 0 Å². The van der Waals surface area contributed by atoms with Gasteiger partial charge < -0.3 is 15.2 Å². The highest BCUT2D eigenvalue weighted by atomic mass is 16.5. The number of carbonyl (C=O) groups is 2. The predicted octanol–water partition coefficient (Wildman–Crippen LogP) is 2.75. The molecule has 0 spiro atoms. The van der Waals surface area contributed by atoms with Crippen molar-refractivity contribution >= 4 is 11.9 Å². The Labute approximate surface area is 133 Å². The number of carboxylic acid groups (broad SMARTS) is 1. The third-order valence-corrected chi connectivity index (χ3v) is 4.34. The number of hydrogen-bond donors (Lipinski definition) is 2. The minimum Gasteiger partial charge on any atom is -0.480 e. The van der Waals surface area contributed by atoms with E-state index < -0.39 is 12.0 Å². The standard InChI is InChI=1S/C17H29NO4/c1-3-10-22-12-15(17(20)21)18-16(19)14(4-2)11-13-8-6-5-7-9-13/h3,13-15H,1,4-12H2,2H3,(H,18,19)(H,20,21). The summed E-state index contributed by atoms with van der Waals surface area (Å²) in [5, 5.41) is 11.8. The van der Waals surface area contributed by atoms with Gasteiger partial charge in [0, 0.05) is 5.92 Å². The molecule has 1 saturated carbocycles. The topological polar surface area (TPSA) is 75.6 Å². The summed E-state index contributed by atoms with van der Waals surface area (Å²) in [6.45, 7) is 5.74. The van der Waals surface area contributed by atoms with Crippen molar-refractivity contribution in [2.24, 2.45) is 11.8 Å². The van der Waals surface area contributed by atoms with Gasteiger partial charge in [-0.3, -0.25) is 4.79 Å². The van der Waals surface area contributed by atoms with Crippen LogP contribution in [0.2, 0.25) is 0 Å². The van der Waals surface area contributed by atoms with Crippen molar-refractivity contribution in [2.45, 2.75) is 57.9 Å². The molecule has 0 aromatic carbocycles. The molecule has 22 heavy (non-hydrogen) atoms. The van der Waals surface area contributed by atoms with E-state index in [2.05, 4.69) is 11.9 Å². The summed E-state index contributed by atoms with van der Waals surface area (Å²) in [7, 11) is 0. The van der Waals surface area contributed by atoms with Crippen molar-refractivity contribution in [3.8, 4) is 0 Å². The SMILES string of the molecule is C=CCOCC(NC(=O)C(CC)CC1CCCCC1)C(=O)O. The summed E-state index contributed by atoms with van der Waals surface area (Å²) >= 11 is 0. The van der Waals surface area contributed by atoms with Crippen LogP contribution in [0.25, 0.3) is 0 Å². The van der Waals surface area contributed by atoms with Crippen LogP contribution in [-0.4, -0.2) is 36.2 Å². The second-order valence-corrected chi connectivity index (χ2v) is 6.07. The third-order valence-electron chi connectivity index (χ3n) is 4.34. The van der Waals surface area contributed by atoms with Crippen LogP contribution in [0.4, 0.5) is 0 Å². The smallest absolute Gasteiger partial charge is 0.328 e. The Morgan fingerprint density at radius 1 is 1.36 bits per heavy atom. The molecule has 126 valence electrons. The number of carbonyl (C=O) groups excluding carboxylic acids is 1. The van der Waals surface area contributed by atoms with Gasteiger partial charge in [-0.05, 0) is 18.8 Å². The lowest BCUT2D eigenvalue weighted by molar-refractivity contribution is -0.144. The Bertz CT molecular complexity index is 364. The fourth-order valence-electron chi connectivity index (χ4n) is 3.02. The second-order valence-electron chi connectivity index (χ2n) is 6.07. The molecule has 2 atom stereocenters. The van der Waals surface area contributed by atoms with Crippen LogP contribution >= 0.6 is 0 Å². The molecular formula is C17H29NO4. The first-order valence-corrected chi connectivity index (χ1v) is 8.30. The molecular weight excluding hydrogens is 282 g/mol. The summed E-state index contributed by atoms with van der Waals surface area (Å²) in [4.78, 5) is 23.6. The highest BCUT2D eigenvalue weighted by Crippen LogP contribution is 2.30. The van der Waals surface area contributed by atoms with E-state index in [0.717, 1.165) is 12.8 Å². The minimum atomic E-state index is -1.06. The molecule has 0 aromatic heterocycles. The molecule has 1 amide bonds. The van der Waals surface area contributed by atoms with E-state index in [9.17, 15) is 14.7 Å². The van der Waals surface area contributed by atoms with E-state index in [4.69, 9.17) is 4.74 Å². The number of ether oxygens (including phenoxy) is 1. The molecule has 2 N–H and O–H groups in total. The number of amides is 1. The molecule has 0 aromatic rings. The average molecular weight is 311 g/mol. The van der Waals surface area contributed by atoms with Gasteiger partial charge in [-0.15, -0.1) is 6.58 Å². The lowest BCUT2D eigenvalue weighted by Gasteiger charge is -2.26. The monoisotopic (exact) mass is 311 g/mol. The van der Waals surface area contributed by atoms with Gasteiger partial charge in [0.05, 0.1) is 13.2 Å². The fourth-order valence-corrected chi connectivity index (χ4v) is 3.02. The summed E-state index contributed by atoms with van der Waals surface area (Å²) in [5.74, 6) is -0.735. The van der Waals surface area contributed by atoms with E-state index in [1.165, 1.54) is 32.1 Å². The minimum absolute atomic E-state index is 0.0348. The molecule has 5 heteroatoms. The zero-order valence-corrected chi connectivity index (χ0v) is 13.6. The lowest BCUT2D eigenvalue weighted by atomic mass is 9.81. The van der Waals surface area contributed by atoms with Crippen LogP contribution in [0.1, 0.15) is 51.9 Å². The van der Waals surface area contributed by atoms with Crippen molar-refractivity contribution in [3.05, 3.63) is 12.7 Å². The van der Waals surface area contributed by atoms with Gasteiger partial charge in [-0.1, -0.05) is 45.1 Å². The van der Waals surface area contributed by atoms with Crippen LogP contribution in [0, 0.1) is 11.8 Å². The van der Waals surface area contributed by atoms with E-state index in [1.807, 2.05) is 6.92 Å². The van der Waals surface area contributed by atoms with Crippen LogP contribution < -0.4 is 5.32 Å². The number of nitrogens with one attached hydrogen (secondary N) is 1. The fraction of sp³-hybridized carbons (Fsp3) is 0.765. The lowest BCUT2D eigenvalue weighted by Crippen LogP contribution is -2.46. The Balaban J connectivity index is 2.49. The first-order valence-electron chi connectivity index (χ1n) is 8.30. The van der Waals surface area contributed by atoms with Gasteiger partial charge in [0.25, 0.3) is 0 Å². The molecule has 1 aliphatic carbocycles. The zero-order valence-electron chi connectivity index (χ0n) is 13.6. The average Bonchev–Trinajstić information content (AvgIpc) is 2.52. The molecule has 0 heterocycles. The van der Waals surface area contributed by atoms with Crippen molar-refractivity contribution in [1.29, 1.82) is 0 Å². The summed E-state index contributed by atoms with van der Waals surface area (Å²) in [6, 6.07) is -0.993. The van der Waals surface area contributed by atoms with E-state index in [1.54, 1.807) is 6.08 Å². The maximum atomic E-state index is 12.3. The maximum absolute atomic E-state index is 12.3. The van der Waals surface area contributed by atoms with E-state index in [-0.39, 0.29) is 25.0 Å². The number of rotatable bonds is 10. The first-order chi connectivity index (χ1) is 10.6. The van der Waals surface area contributed by atoms with Crippen LogP contribution in [-0.2, 0) is 14.3 Å². The Morgan fingerprint density at radius 2 is 2.05 bits per heavy atom. The summed E-state index contributed by atoms with van der Waals surface area (Å²) < 4.78 is 5.16. The Morgan fingerprint density at radius 3 is 2.59 bits per heavy atom. The number of hydrogen-bond acceptors (Lipinski definition) is 3. The number of carboxylic acids is 1. The summed E-state index contributed by atoms with van der Waals surface area (Å²) in [6.07, 6.45) is 9.32. The van der Waals surface area contributed by atoms with Crippen LogP contribution in [0.3, 0.4) is 0 Å². The van der Waals surface area contributed by atoms with Crippen molar-refractivity contribution in [1.82, 2.24) is 5.32 Å². The van der Waals surface area contributed by atoms with Crippen molar-refractivity contribution in [3.63, 3.8) is 0 Å². The van der Waals surface area contributed by atoms with Gasteiger partial charge in [0.15, 0.2) is 6.04 Å². The second kappa shape index (κ2) is 10.4. The quantitative estimate of drug-likeness (QED) is 0.480. The van der Waals surface area contributed by atoms with Crippen molar-refractivity contribution in [2.75, 3.05) is 13.2 Å².